The van der Waals surface area contributed by atoms with Crippen molar-refractivity contribution in [1.29, 1.82) is 0 Å². The Labute approximate surface area is 410 Å². The number of aliphatic hydroxyl groups is 1. The molecule has 390 valence electrons. The van der Waals surface area contributed by atoms with Crippen LogP contribution < -0.4 is 11.5 Å². The zero-order valence-electron chi connectivity index (χ0n) is 41.8. The molecule has 7 N–H and O–H groups in total. The van der Waals surface area contributed by atoms with Gasteiger partial charge in [-0.1, -0.05) is 204 Å². The average Bonchev–Trinajstić information content (AvgIpc) is 3.30. The van der Waals surface area contributed by atoms with E-state index in [1.807, 2.05) is 24.3 Å². The van der Waals surface area contributed by atoms with Crippen LogP contribution in [-0.2, 0) is 37.5 Å². The second-order valence-corrected chi connectivity index (χ2v) is 20.3. The third-order valence-electron chi connectivity index (χ3n) is 11.2. The maximum Gasteiger partial charge on any atom is 0.472 e. The molecule has 0 bridgehead atoms. The van der Waals surface area contributed by atoms with Crippen LogP contribution in [0, 0.1) is 0 Å². The number of phosphoric ester groups is 1. The van der Waals surface area contributed by atoms with Crippen molar-refractivity contribution in [2.24, 2.45) is 11.5 Å². The topological polar surface area (TPSA) is 218 Å². The van der Waals surface area contributed by atoms with Gasteiger partial charge in [0.2, 0.25) is 0 Å². The maximum atomic E-state index is 13.0. The number of allylic oxidation sites excluding steroid dienone is 7. The third-order valence-corrected chi connectivity index (χ3v) is 13.6. The molecule has 0 fully saturated rings. The van der Waals surface area contributed by atoms with Crippen LogP contribution in [0.25, 0.3) is 0 Å². The van der Waals surface area contributed by atoms with Gasteiger partial charge in [-0.25, -0.2) is 4.57 Å². The molecule has 0 amide bonds. The SMILES string of the molecule is CCCCC/C=C\C\C=C/C=C/C=C/[C@@H](SC[C@H](N)C(=O)OC[C@H](COP(=O)(O)OCCN)OC(=O)CCCCCCCCCCCCCCCCCCCCCCC)[C@@H](O)CCCC(=O)O. The first-order chi connectivity index (χ1) is 32.4. The molecule has 0 heterocycles. The lowest BCUT2D eigenvalue weighted by Crippen LogP contribution is -2.38. The first-order valence-electron chi connectivity index (χ1n) is 26.1. The van der Waals surface area contributed by atoms with Crippen LogP contribution in [0.1, 0.15) is 206 Å². The summed E-state index contributed by atoms with van der Waals surface area (Å²) in [5.41, 5.74) is 11.6. The first kappa shape index (κ1) is 64.7. The average molecular weight is 987 g/mol. The minimum atomic E-state index is -4.52. The Morgan fingerprint density at radius 2 is 1.19 bits per heavy atom. The fourth-order valence-corrected chi connectivity index (χ4v) is 9.09. The number of carbonyl (C=O) groups is 3. The van der Waals surface area contributed by atoms with Crippen molar-refractivity contribution in [3.05, 3.63) is 48.6 Å². The van der Waals surface area contributed by atoms with Crippen LogP contribution in [0.2, 0.25) is 0 Å². The van der Waals surface area contributed by atoms with Gasteiger partial charge in [-0.15, -0.1) is 11.8 Å². The molecule has 0 spiro atoms. The molecule has 5 atom stereocenters. The minimum absolute atomic E-state index is 0.0131. The van der Waals surface area contributed by atoms with Crippen molar-refractivity contribution in [3.8, 4) is 0 Å². The van der Waals surface area contributed by atoms with Crippen molar-refractivity contribution in [2.75, 3.05) is 32.1 Å². The van der Waals surface area contributed by atoms with Crippen molar-refractivity contribution in [2.45, 2.75) is 230 Å². The van der Waals surface area contributed by atoms with Gasteiger partial charge in [0.05, 0.1) is 19.3 Å². The summed E-state index contributed by atoms with van der Waals surface area (Å²) < 4.78 is 33.0. The number of nitrogens with two attached hydrogens (primary N) is 2. The number of rotatable bonds is 49. The number of ether oxygens (including phenoxy) is 2. The summed E-state index contributed by atoms with van der Waals surface area (Å²) >= 11 is 1.22. The third kappa shape index (κ3) is 44.7. The Hall–Kier alpha value is -2.29. The van der Waals surface area contributed by atoms with Crippen LogP contribution in [0.15, 0.2) is 48.6 Å². The quantitative estimate of drug-likeness (QED) is 0.0126. The van der Waals surface area contributed by atoms with E-state index in [1.165, 1.54) is 140 Å². The van der Waals surface area contributed by atoms with E-state index in [0.717, 1.165) is 32.1 Å². The molecule has 0 saturated carbocycles. The highest BCUT2D eigenvalue weighted by Gasteiger charge is 2.27. The van der Waals surface area contributed by atoms with Gasteiger partial charge in [-0.2, -0.15) is 0 Å². The van der Waals surface area contributed by atoms with Gasteiger partial charge < -0.3 is 36.0 Å². The molecule has 0 aromatic carbocycles. The summed E-state index contributed by atoms with van der Waals surface area (Å²) in [6, 6.07) is -1.13. The minimum Gasteiger partial charge on any atom is -0.481 e. The zero-order chi connectivity index (χ0) is 49.5. The smallest absolute Gasteiger partial charge is 0.472 e. The van der Waals surface area contributed by atoms with Gasteiger partial charge in [0, 0.05) is 30.4 Å². The molecule has 0 aliphatic heterocycles. The molecular weight excluding hydrogens is 892 g/mol. The predicted molar refractivity (Wildman–Crippen MR) is 276 cm³/mol. The number of carboxylic acid groups (broad SMARTS) is 1. The summed E-state index contributed by atoms with van der Waals surface area (Å²) in [7, 11) is -4.52. The molecule has 0 aliphatic rings. The molecule has 0 aliphatic carbocycles. The van der Waals surface area contributed by atoms with Gasteiger partial charge in [0.25, 0.3) is 0 Å². The van der Waals surface area contributed by atoms with E-state index in [1.54, 1.807) is 12.2 Å². The number of unbranched alkanes of at least 4 members (excludes halogenated alkanes) is 23. The van der Waals surface area contributed by atoms with Crippen LogP contribution in [0.5, 0.6) is 0 Å². The summed E-state index contributed by atoms with van der Waals surface area (Å²) in [5.74, 6) is -2.26. The van der Waals surface area contributed by atoms with E-state index in [-0.39, 0.29) is 44.6 Å². The Morgan fingerprint density at radius 1 is 0.657 bits per heavy atom. The van der Waals surface area contributed by atoms with Crippen molar-refractivity contribution < 1.29 is 52.6 Å². The Kier molecular flexibility index (Phi) is 45.8. The highest BCUT2D eigenvalue weighted by atomic mass is 32.2. The maximum absolute atomic E-state index is 13.0. The fraction of sp³-hybridized carbons (Fsp3) is 0.788. The van der Waals surface area contributed by atoms with Crippen molar-refractivity contribution in [3.63, 3.8) is 0 Å². The highest BCUT2D eigenvalue weighted by molar-refractivity contribution is 8.00. The molecule has 67 heavy (non-hydrogen) atoms. The molecule has 0 saturated heterocycles. The lowest BCUT2D eigenvalue weighted by molar-refractivity contribution is -0.161. The van der Waals surface area contributed by atoms with Crippen molar-refractivity contribution in [1.82, 2.24) is 0 Å². The number of carboxylic acids is 1. The van der Waals surface area contributed by atoms with E-state index in [4.69, 9.17) is 35.1 Å². The Balaban J connectivity index is 4.80. The molecule has 15 heteroatoms. The molecule has 0 rings (SSSR count). The van der Waals surface area contributed by atoms with E-state index < -0.39 is 62.4 Å². The lowest BCUT2D eigenvalue weighted by atomic mass is 10.0. The lowest BCUT2D eigenvalue weighted by Gasteiger charge is -2.22. The van der Waals surface area contributed by atoms with Gasteiger partial charge >= 0.3 is 25.7 Å². The molecule has 0 radical (unpaired) electrons. The van der Waals surface area contributed by atoms with Gasteiger partial charge in [-0.05, 0) is 38.5 Å². The summed E-state index contributed by atoms with van der Waals surface area (Å²) in [4.78, 5) is 46.9. The largest absolute Gasteiger partial charge is 0.481 e. The molecule has 0 aromatic heterocycles. The Morgan fingerprint density at radius 3 is 1.75 bits per heavy atom. The first-order valence-corrected chi connectivity index (χ1v) is 28.6. The number of aliphatic hydroxyl groups excluding tert-OH is 1. The molecular formula is C52H95N2O11PS. The number of carbonyl (C=O) groups excluding carboxylic acids is 2. The van der Waals surface area contributed by atoms with Crippen LogP contribution >= 0.6 is 19.6 Å². The summed E-state index contributed by atoms with van der Waals surface area (Å²) in [6.45, 7) is 3.16. The normalized spacial score (nSPS) is 14.8. The van der Waals surface area contributed by atoms with Crippen LogP contribution in [0.3, 0.4) is 0 Å². The molecule has 0 aromatic rings. The predicted octanol–water partition coefficient (Wildman–Crippen LogP) is 12.4. The number of esters is 2. The van der Waals surface area contributed by atoms with E-state index in [2.05, 4.69) is 26.0 Å². The monoisotopic (exact) mass is 987 g/mol. The van der Waals surface area contributed by atoms with Gasteiger partial charge in [0.15, 0.2) is 6.10 Å². The molecule has 1 unspecified atom stereocenters. The number of thioether (sulfide) groups is 1. The van der Waals surface area contributed by atoms with E-state index >= 15 is 0 Å². The summed E-state index contributed by atoms with van der Waals surface area (Å²) in [6.07, 6.45) is 46.1. The fourth-order valence-electron chi connectivity index (χ4n) is 7.20. The van der Waals surface area contributed by atoms with Crippen LogP contribution in [0.4, 0.5) is 0 Å². The highest BCUT2D eigenvalue weighted by Crippen LogP contribution is 2.43. The zero-order valence-corrected chi connectivity index (χ0v) is 43.5. The van der Waals surface area contributed by atoms with Gasteiger partial charge in [-0.3, -0.25) is 23.4 Å². The van der Waals surface area contributed by atoms with Crippen molar-refractivity contribution >= 4 is 37.5 Å². The number of hydrogen-bond acceptors (Lipinski definition) is 12. The summed E-state index contributed by atoms with van der Waals surface area (Å²) in [5, 5.41) is 19.5. The Bertz CT molecular complexity index is 1360. The van der Waals surface area contributed by atoms with Gasteiger partial charge in [0.1, 0.15) is 12.6 Å². The molecule has 13 nitrogen and oxygen atoms in total. The second-order valence-electron chi connectivity index (χ2n) is 17.6. The number of hydrogen-bond donors (Lipinski definition) is 5. The number of phosphoric acid groups is 1. The standard InChI is InChI=1S/C52H95N2O11PS/c1-3-5-7-9-11-13-15-17-18-19-20-21-22-23-24-25-27-29-31-33-35-40-51(58)65-46(44-64-66(60,61)63-42-41-53)43-62-52(59)47(54)45-67-49(48(55)37-36-39-50(56)57)38-34-32-30-28-26-16-14-12-10-8-6-4-2/h12,14,26,28,30,32,34,38,46-49,55H,3-11,13,15-25,27,29,31,33,35-37,39-45,53-54H2,1-2H3,(H,56,57)(H,60,61)/b14-12-,28-26-,32-30+,38-34+/t46-,47+,48+,49-/m1/s1. The number of aliphatic carboxylic acids is 1. The van der Waals surface area contributed by atoms with E-state index in [0.29, 0.717) is 6.42 Å². The van der Waals surface area contributed by atoms with E-state index in [9.17, 15) is 28.9 Å². The second kappa shape index (κ2) is 47.4. The van der Waals surface area contributed by atoms with Crippen LogP contribution in [-0.4, -0.2) is 88.6 Å².